The molecule has 0 aliphatic heterocycles. The average Bonchev–Trinajstić information content (AvgIpc) is 3.45. The molecule has 0 fully saturated rings. The maximum absolute atomic E-state index is 12.7. The highest BCUT2D eigenvalue weighted by Gasteiger charge is 2.28. The highest BCUT2D eigenvalue weighted by atomic mass is 16.3. The van der Waals surface area contributed by atoms with Crippen molar-refractivity contribution in [1.82, 2.24) is 5.32 Å². The quantitative estimate of drug-likeness (QED) is 0.0308. The van der Waals surface area contributed by atoms with E-state index in [4.69, 9.17) is 0 Å². The fourth-order valence-corrected chi connectivity index (χ4v) is 11.8. The van der Waals surface area contributed by atoms with Gasteiger partial charge >= 0.3 is 0 Å². The zero-order valence-corrected chi connectivity index (χ0v) is 53.7. The van der Waals surface area contributed by atoms with Crippen LogP contribution in [0.1, 0.15) is 406 Å². The van der Waals surface area contributed by atoms with Gasteiger partial charge < -0.3 is 25.7 Å². The van der Waals surface area contributed by atoms with E-state index in [1.54, 1.807) is 0 Å². The van der Waals surface area contributed by atoms with Crippen molar-refractivity contribution in [3.8, 4) is 0 Å². The summed E-state index contributed by atoms with van der Waals surface area (Å²) in [5.74, 6) is -0.586. The van der Waals surface area contributed by atoms with Gasteiger partial charge in [0.1, 0.15) is 12.2 Å². The maximum atomic E-state index is 12.7. The van der Waals surface area contributed by atoms with Gasteiger partial charge in [0.15, 0.2) is 0 Å². The van der Waals surface area contributed by atoms with E-state index in [9.17, 15) is 25.2 Å². The molecule has 0 saturated carbocycles. The molecule has 0 aliphatic carbocycles. The van der Waals surface area contributed by atoms with Gasteiger partial charge in [0, 0.05) is 0 Å². The minimum absolute atomic E-state index is 0.366. The minimum atomic E-state index is -1.28. The summed E-state index contributed by atoms with van der Waals surface area (Å²) >= 11 is 0. The van der Waals surface area contributed by atoms with Crippen LogP contribution in [0.3, 0.4) is 0 Å². The van der Waals surface area contributed by atoms with Crippen LogP contribution in [0, 0.1) is 0 Å². The lowest BCUT2D eigenvalue weighted by Gasteiger charge is -2.27. The van der Waals surface area contributed by atoms with E-state index in [1.807, 2.05) is 0 Å². The van der Waals surface area contributed by atoms with Crippen molar-refractivity contribution in [2.24, 2.45) is 0 Å². The van der Waals surface area contributed by atoms with E-state index in [1.165, 1.54) is 340 Å². The predicted molar refractivity (Wildman–Crippen MR) is 348 cm³/mol. The van der Waals surface area contributed by atoms with Crippen LogP contribution in [-0.4, -0.2) is 57.3 Å². The largest absolute Gasteiger partial charge is 0.394 e. The summed E-state index contributed by atoms with van der Waals surface area (Å²) in [6, 6.07) is -1.00. The molecule has 0 heterocycles. The second kappa shape index (κ2) is 67.6. The van der Waals surface area contributed by atoms with Crippen molar-refractivity contribution in [2.45, 2.75) is 430 Å². The molecule has 470 valence electrons. The molecule has 0 aliphatic rings. The van der Waals surface area contributed by atoms with Crippen molar-refractivity contribution >= 4 is 5.91 Å². The SMILES string of the molecule is CCCCCCCCCCCCCC/C=C\CCCCCCCCCCCCCCCCCC(O)C(=O)NC(CO)C(O)C(O)CCC/C=C/CCCCCCCCCCCCCCCCCCCCCCCCCCCCC. The van der Waals surface area contributed by atoms with Crippen LogP contribution in [-0.2, 0) is 4.79 Å². The zero-order valence-electron chi connectivity index (χ0n) is 53.7. The van der Waals surface area contributed by atoms with Gasteiger partial charge in [0.2, 0.25) is 5.91 Å². The highest BCUT2D eigenvalue weighted by molar-refractivity contribution is 5.80. The Morgan fingerprint density at radius 1 is 0.304 bits per heavy atom. The standard InChI is InChI=1S/C73H143NO5/c1-3-5-7-9-11-13-15-17-19-21-23-25-27-29-31-33-35-37-38-40-42-44-46-48-50-52-54-56-58-60-62-64-66-70(76)72(78)69(68-75)74-73(79)71(77)67-65-63-61-59-57-55-53-51-49-47-45-43-41-39-36-34-32-30-28-26-24-22-20-18-16-14-12-10-8-6-4-2/h30,32,58,60,69-72,75-78H,3-29,31,33-57,59,61-68H2,1-2H3,(H,74,79)/b32-30-,60-58+. The van der Waals surface area contributed by atoms with E-state index in [0.29, 0.717) is 12.8 Å². The third-order valence-electron chi connectivity index (χ3n) is 17.4. The smallest absolute Gasteiger partial charge is 0.249 e. The number of rotatable bonds is 68. The summed E-state index contributed by atoms with van der Waals surface area (Å²) in [5.41, 5.74) is 0. The fourth-order valence-electron chi connectivity index (χ4n) is 11.8. The third kappa shape index (κ3) is 61.2. The van der Waals surface area contributed by atoms with Gasteiger partial charge in [-0.05, 0) is 64.2 Å². The first-order chi connectivity index (χ1) is 39.0. The summed E-state index contributed by atoms with van der Waals surface area (Å²) in [6.07, 6.45) is 86.1. The van der Waals surface area contributed by atoms with E-state index < -0.39 is 36.9 Å². The van der Waals surface area contributed by atoms with Crippen LogP contribution in [0.2, 0.25) is 0 Å². The van der Waals surface area contributed by atoms with Gasteiger partial charge in [-0.15, -0.1) is 0 Å². The van der Waals surface area contributed by atoms with Crippen LogP contribution in [0.15, 0.2) is 24.3 Å². The summed E-state index contributed by atoms with van der Waals surface area (Å²) in [4.78, 5) is 12.7. The molecule has 0 rings (SSSR count). The van der Waals surface area contributed by atoms with Gasteiger partial charge in [-0.1, -0.05) is 366 Å². The van der Waals surface area contributed by atoms with Crippen molar-refractivity contribution in [1.29, 1.82) is 0 Å². The monoisotopic (exact) mass is 1110 g/mol. The molecule has 6 heteroatoms. The molecule has 0 aromatic rings. The average molecular weight is 1110 g/mol. The number of hydrogen-bond donors (Lipinski definition) is 5. The first-order valence-electron chi connectivity index (χ1n) is 36.2. The molecule has 79 heavy (non-hydrogen) atoms. The Balaban J connectivity index is 3.55. The minimum Gasteiger partial charge on any atom is -0.394 e. The van der Waals surface area contributed by atoms with Crippen LogP contribution in [0.5, 0.6) is 0 Å². The number of amides is 1. The molecular weight excluding hydrogens is 971 g/mol. The van der Waals surface area contributed by atoms with Crippen LogP contribution in [0.25, 0.3) is 0 Å². The van der Waals surface area contributed by atoms with Crippen LogP contribution < -0.4 is 5.32 Å². The Morgan fingerprint density at radius 3 is 0.759 bits per heavy atom. The molecule has 0 saturated heterocycles. The predicted octanol–water partition coefficient (Wildman–Crippen LogP) is 22.5. The van der Waals surface area contributed by atoms with Crippen molar-refractivity contribution in [3.63, 3.8) is 0 Å². The molecule has 0 bridgehead atoms. The Bertz CT molecular complexity index is 1210. The topological polar surface area (TPSA) is 110 Å². The van der Waals surface area contributed by atoms with Crippen molar-refractivity contribution in [3.05, 3.63) is 24.3 Å². The Morgan fingerprint density at radius 2 is 0.519 bits per heavy atom. The molecule has 4 unspecified atom stereocenters. The molecule has 5 N–H and O–H groups in total. The molecule has 0 spiro atoms. The molecule has 1 amide bonds. The second-order valence-electron chi connectivity index (χ2n) is 25.3. The molecular formula is C73H143NO5. The fraction of sp³-hybridized carbons (Fsp3) is 0.932. The maximum Gasteiger partial charge on any atom is 0.249 e. The Labute approximate surface area is 495 Å². The zero-order chi connectivity index (χ0) is 57.3. The normalized spacial score (nSPS) is 13.5. The highest BCUT2D eigenvalue weighted by Crippen LogP contribution is 2.20. The van der Waals surface area contributed by atoms with Gasteiger partial charge in [0.25, 0.3) is 0 Å². The number of carbonyl (C=O) groups is 1. The van der Waals surface area contributed by atoms with E-state index >= 15 is 0 Å². The van der Waals surface area contributed by atoms with Gasteiger partial charge in [-0.25, -0.2) is 0 Å². The van der Waals surface area contributed by atoms with Gasteiger partial charge in [0.05, 0.1) is 18.8 Å². The molecule has 6 nitrogen and oxygen atoms in total. The summed E-state index contributed by atoms with van der Waals surface area (Å²) < 4.78 is 0. The molecule has 0 aromatic carbocycles. The molecule has 0 radical (unpaired) electrons. The lowest BCUT2D eigenvalue weighted by Crippen LogP contribution is -2.53. The van der Waals surface area contributed by atoms with Crippen molar-refractivity contribution < 1.29 is 25.2 Å². The number of aliphatic hydroxyl groups is 4. The van der Waals surface area contributed by atoms with Crippen LogP contribution >= 0.6 is 0 Å². The number of carbonyl (C=O) groups excluding carboxylic acids is 1. The van der Waals surface area contributed by atoms with E-state index in [0.717, 1.165) is 38.5 Å². The number of unbranched alkanes of at least 4 members (excludes halogenated alkanes) is 55. The third-order valence-corrected chi connectivity index (χ3v) is 17.4. The van der Waals surface area contributed by atoms with E-state index in [2.05, 4.69) is 43.5 Å². The van der Waals surface area contributed by atoms with E-state index in [-0.39, 0.29) is 0 Å². The summed E-state index contributed by atoms with van der Waals surface area (Å²) in [5, 5.41) is 44.2. The molecule has 4 atom stereocenters. The Kier molecular flexibility index (Phi) is 66.5. The molecule has 0 aromatic heterocycles. The number of allylic oxidation sites excluding steroid dienone is 4. The number of aliphatic hydroxyl groups excluding tert-OH is 4. The van der Waals surface area contributed by atoms with Crippen LogP contribution in [0.4, 0.5) is 0 Å². The second-order valence-corrected chi connectivity index (χ2v) is 25.3. The first-order valence-corrected chi connectivity index (χ1v) is 36.2. The first kappa shape index (κ1) is 77.8. The number of nitrogens with one attached hydrogen (secondary N) is 1. The van der Waals surface area contributed by atoms with Crippen molar-refractivity contribution in [2.75, 3.05) is 6.61 Å². The van der Waals surface area contributed by atoms with Gasteiger partial charge in [-0.2, -0.15) is 0 Å². The Hall–Kier alpha value is -1.21. The lowest BCUT2D eigenvalue weighted by atomic mass is 10.00. The van der Waals surface area contributed by atoms with Gasteiger partial charge in [-0.3, -0.25) is 4.79 Å². The lowest BCUT2D eigenvalue weighted by molar-refractivity contribution is -0.132. The summed E-state index contributed by atoms with van der Waals surface area (Å²) in [7, 11) is 0. The number of hydrogen-bond acceptors (Lipinski definition) is 5. The summed E-state index contributed by atoms with van der Waals surface area (Å²) in [6.45, 7) is 4.10.